The molecule has 0 fully saturated rings. The number of amidine groups is 1. The first-order valence-corrected chi connectivity index (χ1v) is 6.55. The van der Waals surface area contributed by atoms with E-state index in [1.54, 1.807) is 24.5 Å². The Hall–Kier alpha value is -2.76. The topological polar surface area (TPSA) is 101 Å². The van der Waals surface area contributed by atoms with Gasteiger partial charge in [-0.25, -0.2) is 0 Å². The molecule has 6 heteroatoms. The summed E-state index contributed by atoms with van der Waals surface area (Å²) in [5, 5.41) is 14.3. The number of carbonyl (C=O) groups excluding carboxylic acids is 1. The number of rotatable bonds is 6. The van der Waals surface area contributed by atoms with E-state index in [1.807, 2.05) is 18.2 Å². The van der Waals surface area contributed by atoms with Gasteiger partial charge in [-0.3, -0.25) is 4.79 Å². The fraction of sp³-hybridized carbons (Fsp3) is 0.200. The van der Waals surface area contributed by atoms with Gasteiger partial charge in [0.1, 0.15) is 5.76 Å². The molecule has 0 saturated heterocycles. The zero-order valence-corrected chi connectivity index (χ0v) is 11.5. The number of nitrogens with one attached hydrogen (secondary N) is 1. The lowest BCUT2D eigenvalue weighted by Gasteiger charge is -2.06. The molecule has 0 atom stereocenters. The van der Waals surface area contributed by atoms with Gasteiger partial charge in [-0.15, -0.1) is 0 Å². The summed E-state index contributed by atoms with van der Waals surface area (Å²) in [4.78, 5) is 11.7. The summed E-state index contributed by atoms with van der Waals surface area (Å²) in [5.74, 6) is 0.823. The Kier molecular flexibility index (Phi) is 4.98. The monoisotopic (exact) mass is 287 g/mol. The highest BCUT2D eigenvalue weighted by molar-refractivity contribution is 5.96. The summed E-state index contributed by atoms with van der Waals surface area (Å²) >= 11 is 0. The van der Waals surface area contributed by atoms with E-state index in [4.69, 9.17) is 15.4 Å². The van der Waals surface area contributed by atoms with Crippen molar-refractivity contribution in [3.8, 4) is 0 Å². The highest BCUT2D eigenvalue weighted by Crippen LogP contribution is 2.05. The first kappa shape index (κ1) is 14.6. The van der Waals surface area contributed by atoms with Crippen molar-refractivity contribution in [2.75, 3.05) is 0 Å². The van der Waals surface area contributed by atoms with Crippen molar-refractivity contribution in [2.45, 2.75) is 19.4 Å². The molecule has 1 aromatic heterocycles. The lowest BCUT2D eigenvalue weighted by Crippen LogP contribution is -2.23. The molecule has 6 nitrogen and oxygen atoms in total. The number of carbonyl (C=O) groups is 1. The first-order chi connectivity index (χ1) is 10.2. The molecule has 0 radical (unpaired) electrons. The second-order valence-corrected chi connectivity index (χ2v) is 4.54. The fourth-order valence-corrected chi connectivity index (χ4v) is 1.83. The van der Waals surface area contributed by atoms with Crippen LogP contribution in [0.2, 0.25) is 0 Å². The van der Waals surface area contributed by atoms with Gasteiger partial charge in [0.2, 0.25) is 5.91 Å². The van der Waals surface area contributed by atoms with Crippen LogP contribution in [-0.4, -0.2) is 17.0 Å². The standard InChI is InChI=1S/C15H17N3O3/c16-15(18-20)12-5-3-11(4-6-12)10-17-14(19)8-7-13-2-1-9-21-13/h1-6,9,20H,7-8,10H2,(H2,16,18)(H,17,19). The molecule has 1 heterocycles. The van der Waals surface area contributed by atoms with Gasteiger partial charge in [0.05, 0.1) is 6.26 Å². The molecule has 2 rings (SSSR count). The Morgan fingerprint density at radius 1 is 1.29 bits per heavy atom. The normalized spacial score (nSPS) is 11.3. The van der Waals surface area contributed by atoms with Crippen LogP contribution in [0.4, 0.5) is 0 Å². The number of aryl methyl sites for hydroxylation is 1. The third kappa shape index (κ3) is 4.38. The van der Waals surface area contributed by atoms with Gasteiger partial charge in [-0.2, -0.15) is 0 Å². The highest BCUT2D eigenvalue weighted by atomic mass is 16.4. The Morgan fingerprint density at radius 2 is 2.05 bits per heavy atom. The first-order valence-electron chi connectivity index (χ1n) is 6.55. The number of nitrogens with zero attached hydrogens (tertiary/aromatic N) is 1. The molecule has 21 heavy (non-hydrogen) atoms. The molecule has 110 valence electrons. The molecular formula is C15H17N3O3. The maximum Gasteiger partial charge on any atom is 0.220 e. The van der Waals surface area contributed by atoms with Crippen LogP contribution in [0.5, 0.6) is 0 Å². The summed E-state index contributed by atoms with van der Waals surface area (Å²) < 4.78 is 5.17. The SMILES string of the molecule is NC(=NO)c1ccc(CNC(=O)CCc2ccco2)cc1. The number of furan rings is 1. The van der Waals surface area contributed by atoms with Crippen molar-refractivity contribution in [3.05, 3.63) is 59.5 Å². The number of hydrogen-bond acceptors (Lipinski definition) is 4. The van der Waals surface area contributed by atoms with E-state index in [2.05, 4.69) is 10.5 Å². The number of nitrogens with two attached hydrogens (primary N) is 1. The van der Waals surface area contributed by atoms with Crippen molar-refractivity contribution in [1.82, 2.24) is 5.32 Å². The van der Waals surface area contributed by atoms with Crippen molar-refractivity contribution < 1.29 is 14.4 Å². The fourth-order valence-electron chi connectivity index (χ4n) is 1.83. The van der Waals surface area contributed by atoms with Gasteiger partial charge in [0.15, 0.2) is 5.84 Å². The highest BCUT2D eigenvalue weighted by Gasteiger charge is 2.04. The summed E-state index contributed by atoms with van der Waals surface area (Å²) in [5.41, 5.74) is 7.04. The van der Waals surface area contributed by atoms with Crippen LogP contribution in [0.3, 0.4) is 0 Å². The summed E-state index contributed by atoms with van der Waals surface area (Å²) in [6, 6.07) is 10.8. The van der Waals surface area contributed by atoms with E-state index in [0.29, 0.717) is 24.9 Å². The van der Waals surface area contributed by atoms with Gasteiger partial charge in [0, 0.05) is 24.9 Å². The molecule has 1 amide bonds. The van der Waals surface area contributed by atoms with Crippen molar-refractivity contribution >= 4 is 11.7 Å². The third-order valence-corrected chi connectivity index (χ3v) is 3.03. The molecule has 0 unspecified atom stereocenters. The second-order valence-electron chi connectivity index (χ2n) is 4.54. The van der Waals surface area contributed by atoms with Crippen molar-refractivity contribution in [1.29, 1.82) is 0 Å². The Labute approximate surface area is 122 Å². The molecule has 0 spiro atoms. The zero-order valence-electron chi connectivity index (χ0n) is 11.5. The lowest BCUT2D eigenvalue weighted by molar-refractivity contribution is -0.121. The molecule has 0 bridgehead atoms. The molecular weight excluding hydrogens is 270 g/mol. The Balaban J connectivity index is 1.78. The third-order valence-electron chi connectivity index (χ3n) is 3.03. The quantitative estimate of drug-likeness (QED) is 0.325. The minimum Gasteiger partial charge on any atom is -0.469 e. The predicted molar refractivity (Wildman–Crippen MR) is 77.8 cm³/mol. The van der Waals surface area contributed by atoms with Gasteiger partial charge in [0.25, 0.3) is 0 Å². The minimum atomic E-state index is -0.0353. The molecule has 0 aliphatic carbocycles. The molecule has 4 N–H and O–H groups in total. The minimum absolute atomic E-state index is 0.0353. The molecule has 0 aliphatic rings. The van der Waals surface area contributed by atoms with E-state index < -0.39 is 0 Å². The molecule has 0 aliphatic heterocycles. The lowest BCUT2D eigenvalue weighted by atomic mass is 10.1. The van der Waals surface area contributed by atoms with Crippen molar-refractivity contribution in [3.63, 3.8) is 0 Å². The number of oxime groups is 1. The maximum absolute atomic E-state index is 11.7. The van der Waals surface area contributed by atoms with Crippen LogP contribution in [0.1, 0.15) is 23.3 Å². The van der Waals surface area contributed by atoms with E-state index >= 15 is 0 Å². The largest absolute Gasteiger partial charge is 0.469 e. The van der Waals surface area contributed by atoms with E-state index in [1.165, 1.54) is 0 Å². The van der Waals surface area contributed by atoms with Crippen LogP contribution in [0.25, 0.3) is 0 Å². The summed E-state index contributed by atoms with van der Waals surface area (Å²) in [6.45, 7) is 0.438. The van der Waals surface area contributed by atoms with Crippen LogP contribution < -0.4 is 11.1 Å². The Morgan fingerprint density at radius 3 is 2.67 bits per heavy atom. The average molecular weight is 287 g/mol. The van der Waals surface area contributed by atoms with E-state index in [9.17, 15) is 4.79 Å². The average Bonchev–Trinajstić information content (AvgIpc) is 3.04. The van der Waals surface area contributed by atoms with Gasteiger partial charge in [-0.1, -0.05) is 29.4 Å². The van der Waals surface area contributed by atoms with Crippen LogP contribution in [0.15, 0.2) is 52.2 Å². The van der Waals surface area contributed by atoms with Gasteiger partial charge < -0.3 is 20.7 Å². The van der Waals surface area contributed by atoms with E-state index in [0.717, 1.165) is 11.3 Å². The number of amides is 1. The van der Waals surface area contributed by atoms with Crippen LogP contribution >= 0.6 is 0 Å². The smallest absolute Gasteiger partial charge is 0.220 e. The van der Waals surface area contributed by atoms with E-state index in [-0.39, 0.29) is 11.7 Å². The second kappa shape index (κ2) is 7.14. The van der Waals surface area contributed by atoms with Gasteiger partial charge in [-0.05, 0) is 17.7 Å². The van der Waals surface area contributed by atoms with Crippen LogP contribution in [0, 0.1) is 0 Å². The number of benzene rings is 1. The molecule has 0 saturated carbocycles. The zero-order chi connectivity index (χ0) is 15.1. The van der Waals surface area contributed by atoms with Crippen molar-refractivity contribution in [2.24, 2.45) is 10.9 Å². The number of hydrogen-bond donors (Lipinski definition) is 3. The van der Waals surface area contributed by atoms with Gasteiger partial charge >= 0.3 is 0 Å². The predicted octanol–water partition coefficient (Wildman–Crippen LogP) is 1.62. The molecule has 1 aromatic carbocycles. The summed E-state index contributed by atoms with van der Waals surface area (Å²) in [7, 11) is 0. The maximum atomic E-state index is 11.7. The van der Waals surface area contributed by atoms with Crippen LogP contribution in [-0.2, 0) is 17.8 Å². The molecule has 2 aromatic rings. The Bertz CT molecular complexity index is 604. The summed E-state index contributed by atoms with van der Waals surface area (Å²) in [6.07, 6.45) is 2.56.